The maximum Gasteiger partial charge on any atom is 0.129 e. The average molecular weight is 293 g/mol. The number of aliphatic hydroxyl groups excluding tert-OH is 1. The quantitative estimate of drug-likeness (QED) is 0.895. The minimum absolute atomic E-state index is 0.369. The Morgan fingerprint density at radius 2 is 2.00 bits per heavy atom. The van der Waals surface area contributed by atoms with E-state index in [1.807, 2.05) is 37.3 Å². The van der Waals surface area contributed by atoms with Crippen molar-refractivity contribution in [3.05, 3.63) is 57.7 Å². The maximum atomic E-state index is 10.4. The van der Waals surface area contributed by atoms with Gasteiger partial charge < -0.3 is 10.8 Å². The highest BCUT2D eigenvalue weighted by Gasteiger charge is 2.18. The highest BCUT2D eigenvalue weighted by atomic mass is 79.9. The van der Waals surface area contributed by atoms with Gasteiger partial charge in [0.2, 0.25) is 0 Å². The van der Waals surface area contributed by atoms with Gasteiger partial charge in [0.1, 0.15) is 11.9 Å². The Morgan fingerprint density at radius 1 is 1.29 bits per heavy atom. The van der Waals surface area contributed by atoms with Crippen LogP contribution in [0.4, 0.5) is 5.82 Å². The standard InChI is InChI=1S/C13H13BrN2O/c1-8-6-7-16-13(15)11(8)12(17)9-4-2-3-5-10(9)14/h2-7,12,17H,1H3,(H2,15,16). The zero-order valence-electron chi connectivity index (χ0n) is 9.39. The third-order valence-electron chi connectivity index (χ3n) is 2.71. The van der Waals surface area contributed by atoms with E-state index in [2.05, 4.69) is 20.9 Å². The molecule has 0 spiro atoms. The van der Waals surface area contributed by atoms with Gasteiger partial charge in [-0.1, -0.05) is 34.1 Å². The minimum atomic E-state index is -0.765. The van der Waals surface area contributed by atoms with E-state index in [9.17, 15) is 5.11 Å². The molecule has 0 aliphatic rings. The number of nitrogens with two attached hydrogens (primary N) is 1. The summed E-state index contributed by atoms with van der Waals surface area (Å²) in [4.78, 5) is 4.02. The molecule has 2 aromatic rings. The summed E-state index contributed by atoms with van der Waals surface area (Å²) in [6, 6.07) is 9.37. The van der Waals surface area contributed by atoms with Crippen molar-refractivity contribution < 1.29 is 5.11 Å². The Balaban J connectivity index is 2.51. The predicted molar refractivity (Wildman–Crippen MR) is 71.6 cm³/mol. The van der Waals surface area contributed by atoms with Crippen LogP contribution in [0.5, 0.6) is 0 Å². The molecule has 0 radical (unpaired) electrons. The molecule has 1 aromatic carbocycles. The lowest BCUT2D eigenvalue weighted by molar-refractivity contribution is 0.219. The van der Waals surface area contributed by atoms with Gasteiger partial charge >= 0.3 is 0 Å². The van der Waals surface area contributed by atoms with Crippen LogP contribution < -0.4 is 5.73 Å². The summed E-state index contributed by atoms with van der Waals surface area (Å²) in [5, 5.41) is 10.4. The number of benzene rings is 1. The Kier molecular flexibility index (Phi) is 3.45. The molecule has 0 fully saturated rings. The summed E-state index contributed by atoms with van der Waals surface area (Å²) in [6.45, 7) is 1.91. The average Bonchev–Trinajstić information content (AvgIpc) is 2.29. The molecule has 17 heavy (non-hydrogen) atoms. The number of halogens is 1. The molecule has 0 bridgehead atoms. The molecule has 0 amide bonds. The minimum Gasteiger partial charge on any atom is -0.383 e. The van der Waals surface area contributed by atoms with Crippen molar-refractivity contribution in [3.8, 4) is 0 Å². The number of pyridine rings is 1. The fourth-order valence-corrected chi connectivity index (χ4v) is 2.30. The Labute approximate surface area is 108 Å². The van der Waals surface area contributed by atoms with E-state index < -0.39 is 6.10 Å². The number of rotatable bonds is 2. The van der Waals surface area contributed by atoms with Crippen molar-refractivity contribution >= 4 is 21.7 Å². The summed E-state index contributed by atoms with van der Waals surface area (Å²) < 4.78 is 0.857. The molecule has 88 valence electrons. The molecule has 0 aliphatic carbocycles. The molecule has 1 atom stereocenters. The van der Waals surface area contributed by atoms with Crippen LogP contribution in [0.25, 0.3) is 0 Å². The molecule has 2 rings (SSSR count). The third-order valence-corrected chi connectivity index (χ3v) is 3.43. The summed E-state index contributed by atoms with van der Waals surface area (Å²) in [7, 11) is 0. The van der Waals surface area contributed by atoms with E-state index in [1.165, 1.54) is 0 Å². The molecular formula is C13H13BrN2O. The predicted octanol–water partition coefficient (Wildman–Crippen LogP) is 2.82. The second-order valence-corrected chi connectivity index (χ2v) is 4.71. The summed E-state index contributed by atoms with van der Waals surface area (Å²) >= 11 is 3.42. The van der Waals surface area contributed by atoms with Crippen molar-refractivity contribution in [2.45, 2.75) is 13.0 Å². The van der Waals surface area contributed by atoms with Gasteiger partial charge in [-0.05, 0) is 30.2 Å². The number of aromatic nitrogens is 1. The van der Waals surface area contributed by atoms with E-state index in [0.29, 0.717) is 11.4 Å². The second-order valence-electron chi connectivity index (χ2n) is 3.85. The molecule has 3 nitrogen and oxygen atoms in total. The number of hydrogen-bond donors (Lipinski definition) is 2. The molecule has 0 saturated heterocycles. The van der Waals surface area contributed by atoms with Crippen molar-refractivity contribution in [2.75, 3.05) is 5.73 Å². The van der Waals surface area contributed by atoms with Crippen LogP contribution >= 0.6 is 15.9 Å². The van der Waals surface area contributed by atoms with Crippen molar-refractivity contribution in [2.24, 2.45) is 0 Å². The van der Waals surface area contributed by atoms with Gasteiger partial charge in [0.15, 0.2) is 0 Å². The van der Waals surface area contributed by atoms with E-state index in [1.54, 1.807) is 6.20 Å². The normalized spacial score (nSPS) is 12.4. The highest BCUT2D eigenvalue weighted by molar-refractivity contribution is 9.10. The molecule has 0 aliphatic heterocycles. The largest absolute Gasteiger partial charge is 0.383 e. The number of anilines is 1. The van der Waals surface area contributed by atoms with Crippen molar-refractivity contribution in [1.29, 1.82) is 0 Å². The zero-order chi connectivity index (χ0) is 12.4. The first-order valence-electron chi connectivity index (χ1n) is 5.24. The molecule has 1 heterocycles. The number of nitrogens with zero attached hydrogens (tertiary/aromatic N) is 1. The molecular weight excluding hydrogens is 280 g/mol. The van der Waals surface area contributed by atoms with Gasteiger partial charge in [-0.15, -0.1) is 0 Å². The smallest absolute Gasteiger partial charge is 0.129 e. The van der Waals surface area contributed by atoms with E-state index >= 15 is 0 Å². The second kappa shape index (κ2) is 4.85. The fourth-order valence-electron chi connectivity index (χ4n) is 1.80. The van der Waals surface area contributed by atoms with Gasteiger partial charge in [0, 0.05) is 16.2 Å². The lowest BCUT2D eigenvalue weighted by atomic mass is 9.98. The monoisotopic (exact) mass is 292 g/mol. The van der Waals surface area contributed by atoms with Crippen LogP contribution in [0, 0.1) is 6.92 Å². The molecule has 1 unspecified atom stereocenters. The first-order valence-corrected chi connectivity index (χ1v) is 6.04. The number of aryl methyl sites for hydroxylation is 1. The van der Waals surface area contributed by atoms with Crippen molar-refractivity contribution in [1.82, 2.24) is 4.98 Å². The van der Waals surface area contributed by atoms with E-state index in [0.717, 1.165) is 15.6 Å². The topological polar surface area (TPSA) is 59.1 Å². The molecule has 3 N–H and O–H groups in total. The summed E-state index contributed by atoms with van der Waals surface area (Å²) in [5.41, 5.74) is 8.21. The SMILES string of the molecule is Cc1ccnc(N)c1C(O)c1ccccc1Br. The van der Waals surface area contributed by atoms with E-state index in [4.69, 9.17) is 5.73 Å². The first-order chi connectivity index (χ1) is 8.11. The Hall–Kier alpha value is -1.39. The number of nitrogen functional groups attached to an aromatic ring is 1. The van der Waals surface area contributed by atoms with Crippen LogP contribution in [-0.4, -0.2) is 10.1 Å². The number of aliphatic hydroxyl groups is 1. The first kappa shape index (κ1) is 12.1. The summed E-state index contributed by atoms with van der Waals surface area (Å²) in [6.07, 6.45) is 0.875. The van der Waals surface area contributed by atoms with Crippen LogP contribution in [0.15, 0.2) is 41.0 Å². The van der Waals surface area contributed by atoms with Gasteiger partial charge in [-0.3, -0.25) is 0 Å². The van der Waals surface area contributed by atoms with E-state index in [-0.39, 0.29) is 0 Å². The van der Waals surface area contributed by atoms with Crippen LogP contribution in [0.3, 0.4) is 0 Å². The lowest BCUT2D eigenvalue weighted by Crippen LogP contribution is -2.08. The molecule has 1 aromatic heterocycles. The van der Waals surface area contributed by atoms with Crippen LogP contribution in [0.2, 0.25) is 0 Å². The summed E-state index contributed by atoms with van der Waals surface area (Å²) in [5.74, 6) is 0.369. The van der Waals surface area contributed by atoms with Crippen LogP contribution in [-0.2, 0) is 0 Å². The van der Waals surface area contributed by atoms with Crippen LogP contribution in [0.1, 0.15) is 22.8 Å². The van der Waals surface area contributed by atoms with Gasteiger partial charge in [0.05, 0.1) is 0 Å². The lowest BCUT2D eigenvalue weighted by Gasteiger charge is -2.16. The maximum absolute atomic E-state index is 10.4. The molecule has 4 heteroatoms. The third kappa shape index (κ3) is 2.33. The number of hydrogen-bond acceptors (Lipinski definition) is 3. The Morgan fingerprint density at radius 3 is 2.65 bits per heavy atom. The van der Waals surface area contributed by atoms with Crippen molar-refractivity contribution in [3.63, 3.8) is 0 Å². The Bertz CT molecular complexity index is 522. The van der Waals surface area contributed by atoms with Gasteiger partial charge in [-0.25, -0.2) is 4.98 Å². The zero-order valence-corrected chi connectivity index (χ0v) is 11.0. The van der Waals surface area contributed by atoms with Gasteiger partial charge in [0.25, 0.3) is 0 Å². The highest BCUT2D eigenvalue weighted by Crippen LogP contribution is 2.32. The fraction of sp³-hybridized carbons (Fsp3) is 0.154. The molecule has 0 saturated carbocycles. The van der Waals surface area contributed by atoms with Gasteiger partial charge in [-0.2, -0.15) is 0 Å².